The summed E-state index contributed by atoms with van der Waals surface area (Å²) in [5.41, 5.74) is 1.87. The number of para-hydroxylation sites is 1. The molecule has 0 aliphatic carbocycles. The van der Waals surface area contributed by atoms with E-state index in [0.29, 0.717) is 13.0 Å². The molecule has 5 nitrogen and oxygen atoms in total. The van der Waals surface area contributed by atoms with E-state index in [1.165, 1.54) is 4.90 Å². The van der Waals surface area contributed by atoms with Gasteiger partial charge in [0.25, 0.3) is 0 Å². The lowest BCUT2D eigenvalue weighted by atomic mass is 10.1. The van der Waals surface area contributed by atoms with E-state index in [-0.39, 0.29) is 18.2 Å². The molecule has 2 rings (SSSR count). The van der Waals surface area contributed by atoms with Crippen molar-refractivity contribution in [1.29, 1.82) is 0 Å². The Morgan fingerprint density at radius 2 is 1.71 bits per heavy atom. The van der Waals surface area contributed by atoms with Gasteiger partial charge in [0, 0.05) is 19.3 Å². The Morgan fingerprint density at radius 1 is 1.04 bits per heavy atom. The molecule has 0 saturated carbocycles. The molecule has 0 spiro atoms. The number of carbonyl (C=O) groups excluding carboxylic acids is 2. The van der Waals surface area contributed by atoms with Gasteiger partial charge in [-0.1, -0.05) is 30.3 Å². The molecular formula is C19H22N2O3. The van der Waals surface area contributed by atoms with Crippen molar-refractivity contribution in [2.45, 2.75) is 12.8 Å². The molecule has 0 fully saturated rings. The Labute approximate surface area is 142 Å². The summed E-state index contributed by atoms with van der Waals surface area (Å²) < 4.78 is 5.10. The van der Waals surface area contributed by atoms with Crippen molar-refractivity contribution in [3.05, 3.63) is 60.2 Å². The number of nitrogens with zero attached hydrogens (tertiary/aromatic N) is 1. The highest BCUT2D eigenvalue weighted by atomic mass is 16.5. The summed E-state index contributed by atoms with van der Waals surface area (Å²) in [4.78, 5) is 25.5. The zero-order valence-electron chi connectivity index (χ0n) is 14.0. The summed E-state index contributed by atoms with van der Waals surface area (Å²) in [7, 11) is 3.29. The van der Waals surface area contributed by atoms with Gasteiger partial charge in [0.05, 0.1) is 7.11 Å². The van der Waals surface area contributed by atoms with Crippen LogP contribution in [0.4, 0.5) is 5.69 Å². The smallest absolute Gasteiger partial charge is 0.236 e. The molecule has 2 amide bonds. The topological polar surface area (TPSA) is 58.6 Å². The summed E-state index contributed by atoms with van der Waals surface area (Å²) in [6.45, 7) is 0.494. The molecule has 1 N–H and O–H groups in total. The van der Waals surface area contributed by atoms with Gasteiger partial charge in [-0.3, -0.25) is 9.59 Å². The first-order valence-corrected chi connectivity index (χ1v) is 7.81. The first kappa shape index (κ1) is 17.5. The van der Waals surface area contributed by atoms with Gasteiger partial charge < -0.3 is 15.0 Å². The monoisotopic (exact) mass is 326 g/mol. The normalized spacial score (nSPS) is 10.1. The van der Waals surface area contributed by atoms with E-state index in [2.05, 4.69) is 5.32 Å². The number of hydrogen-bond donors (Lipinski definition) is 1. The van der Waals surface area contributed by atoms with E-state index in [0.717, 1.165) is 17.0 Å². The van der Waals surface area contributed by atoms with Crippen molar-refractivity contribution in [2.24, 2.45) is 0 Å². The van der Waals surface area contributed by atoms with Gasteiger partial charge in [-0.25, -0.2) is 0 Å². The summed E-state index contributed by atoms with van der Waals surface area (Å²) >= 11 is 0. The Balaban J connectivity index is 1.75. The maximum atomic E-state index is 12.1. The van der Waals surface area contributed by atoms with Crippen molar-refractivity contribution in [2.75, 3.05) is 25.6 Å². The van der Waals surface area contributed by atoms with Crippen molar-refractivity contribution >= 4 is 17.5 Å². The van der Waals surface area contributed by atoms with E-state index in [1.807, 2.05) is 54.6 Å². The summed E-state index contributed by atoms with van der Waals surface area (Å²) in [6.07, 6.45) is 0.548. The third-order valence-electron chi connectivity index (χ3n) is 3.72. The SMILES string of the molecule is COc1ccc(CCNC(=O)CC(=O)N(C)c2ccccc2)cc1. The van der Waals surface area contributed by atoms with Crippen LogP contribution in [0.3, 0.4) is 0 Å². The highest BCUT2D eigenvalue weighted by molar-refractivity contribution is 6.04. The van der Waals surface area contributed by atoms with E-state index in [9.17, 15) is 9.59 Å². The second kappa shape index (κ2) is 8.72. The van der Waals surface area contributed by atoms with Crippen molar-refractivity contribution in [1.82, 2.24) is 5.32 Å². The molecule has 0 saturated heterocycles. The van der Waals surface area contributed by atoms with Crippen LogP contribution in [0, 0.1) is 0 Å². The molecule has 0 aliphatic heterocycles. The molecule has 2 aromatic carbocycles. The number of amides is 2. The van der Waals surface area contributed by atoms with E-state index in [4.69, 9.17) is 4.74 Å². The molecule has 0 radical (unpaired) electrons. The van der Waals surface area contributed by atoms with Crippen LogP contribution in [0.15, 0.2) is 54.6 Å². The number of rotatable bonds is 7. The average Bonchev–Trinajstić information content (AvgIpc) is 2.62. The fourth-order valence-electron chi connectivity index (χ4n) is 2.25. The lowest BCUT2D eigenvalue weighted by Crippen LogP contribution is -2.34. The molecule has 0 aromatic heterocycles. The summed E-state index contributed by atoms with van der Waals surface area (Å²) in [5, 5.41) is 2.78. The third-order valence-corrected chi connectivity index (χ3v) is 3.72. The molecule has 2 aromatic rings. The Morgan fingerprint density at radius 3 is 2.33 bits per heavy atom. The maximum absolute atomic E-state index is 12.1. The van der Waals surface area contributed by atoms with Crippen LogP contribution in [-0.4, -0.2) is 32.5 Å². The second-order valence-corrected chi connectivity index (χ2v) is 5.41. The number of hydrogen-bond acceptors (Lipinski definition) is 3. The second-order valence-electron chi connectivity index (χ2n) is 5.41. The molecule has 126 valence electrons. The summed E-state index contributed by atoms with van der Waals surface area (Å²) in [5.74, 6) is 0.303. The molecular weight excluding hydrogens is 304 g/mol. The number of carbonyl (C=O) groups is 2. The minimum Gasteiger partial charge on any atom is -0.497 e. The Hall–Kier alpha value is -2.82. The molecule has 24 heavy (non-hydrogen) atoms. The Bertz CT molecular complexity index is 669. The standard InChI is InChI=1S/C19H22N2O3/c1-21(16-6-4-3-5-7-16)19(23)14-18(22)20-13-12-15-8-10-17(24-2)11-9-15/h3-11H,12-14H2,1-2H3,(H,20,22). The van der Waals surface area contributed by atoms with E-state index < -0.39 is 0 Å². The van der Waals surface area contributed by atoms with Crippen LogP contribution in [-0.2, 0) is 16.0 Å². The van der Waals surface area contributed by atoms with Crippen LogP contribution in [0.5, 0.6) is 5.75 Å². The number of methoxy groups -OCH3 is 1. The predicted octanol–water partition coefficient (Wildman–Crippen LogP) is 2.41. The maximum Gasteiger partial charge on any atom is 0.236 e. The fraction of sp³-hybridized carbons (Fsp3) is 0.263. The van der Waals surface area contributed by atoms with Crippen molar-refractivity contribution in [3.8, 4) is 5.75 Å². The van der Waals surface area contributed by atoms with Gasteiger partial charge in [-0.15, -0.1) is 0 Å². The van der Waals surface area contributed by atoms with Crippen LogP contribution < -0.4 is 15.0 Å². The minimum atomic E-state index is -0.267. The van der Waals surface area contributed by atoms with Crippen LogP contribution in [0.25, 0.3) is 0 Å². The molecule has 0 unspecified atom stereocenters. The fourth-order valence-corrected chi connectivity index (χ4v) is 2.25. The van der Waals surface area contributed by atoms with Gasteiger partial charge in [-0.2, -0.15) is 0 Å². The molecule has 0 atom stereocenters. The largest absolute Gasteiger partial charge is 0.497 e. The number of anilines is 1. The van der Waals surface area contributed by atoms with E-state index in [1.54, 1.807) is 14.2 Å². The number of nitrogens with one attached hydrogen (secondary N) is 1. The average molecular weight is 326 g/mol. The lowest BCUT2D eigenvalue weighted by Gasteiger charge is -2.17. The van der Waals surface area contributed by atoms with Gasteiger partial charge in [-0.05, 0) is 36.2 Å². The zero-order valence-corrected chi connectivity index (χ0v) is 14.0. The van der Waals surface area contributed by atoms with Crippen LogP contribution in [0.1, 0.15) is 12.0 Å². The highest BCUT2D eigenvalue weighted by Crippen LogP contribution is 2.12. The van der Waals surface area contributed by atoms with Crippen LogP contribution >= 0.6 is 0 Å². The third kappa shape index (κ3) is 5.12. The predicted molar refractivity (Wildman–Crippen MR) is 94.2 cm³/mol. The number of ether oxygens (including phenoxy) is 1. The zero-order chi connectivity index (χ0) is 17.4. The quantitative estimate of drug-likeness (QED) is 0.795. The first-order valence-electron chi connectivity index (χ1n) is 7.81. The van der Waals surface area contributed by atoms with Gasteiger partial charge >= 0.3 is 0 Å². The Kier molecular flexibility index (Phi) is 6.37. The number of benzene rings is 2. The van der Waals surface area contributed by atoms with Crippen LogP contribution in [0.2, 0.25) is 0 Å². The minimum absolute atomic E-state index is 0.159. The molecule has 0 bridgehead atoms. The van der Waals surface area contributed by atoms with Gasteiger partial charge in [0.2, 0.25) is 11.8 Å². The van der Waals surface area contributed by atoms with E-state index >= 15 is 0 Å². The van der Waals surface area contributed by atoms with Gasteiger partial charge in [0.15, 0.2) is 0 Å². The van der Waals surface area contributed by atoms with Gasteiger partial charge in [0.1, 0.15) is 12.2 Å². The molecule has 0 heterocycles. The molecule has 5 heteroatoms. The van der Waals surface area contributed by atoms with Crippen molar-refractivity contribution in [3.63, 3.8) is 0 Å². The first-order chi connectivity index (χ1) is 11.6. The lowest BCUT2D eigenvalue weighted by molar-refractivity contribution is -0.127. The molecule has 0 aliphatic rings. The highest BCUT2D eigenvalue weighted by Gasteiger charge is 2.14. The van der Waals surface area contributed by atoms with Crippen molar-refractivity contribution < 1.29 is 14.3 Å². The summed E-state index contributed by atoms with van der Waals surface area (Å²) in [6, 6.07) is 16.9.